The molecule has 4 heavy (non-hydrogen) atoms. The van der Waals surface area contributed by atoms with Crippen molar-refractivity contribution in [2.75, 3.05) is 0 Å². The van der Waals surface area contributed by atoms with Gasteiger partial charge in [-0.15, -0.1) is 0 Å². The van der Waals surface area contributed by atoms with Crippen LogP contribution in [-0.2, 0) is 21.1 Å². The van der Waals surface area contributed by atoms with Crippen molar-refractivity contribution in [1.29, 1.82) is 0 Å². The van der Waals surface area contributed by atoms with Crippen molar-refractivity contribution in [1.82, 2.24) is 0 Å². The van der Waals surface area contributed by atoms with E-state index < -0.39 is 0 Å². The molecular formula is C3H10W. The van der Waals surface area contributed by atoms with Crippen molar-refractivity contribution >= 4 is 0 Å². The van der Waals surface area contributed by atoms with E-state index >= 15 is 0 Å². The molecular weight excluding hydrogens is 220 g/mol. The van der Waals surface area contributed by atoms with Gasteiger partial charge >= 0.3 is 0 Å². The molecule has 0 aliphatic carbocycles. The van der Waals surface area contributed by atoms with Gasteiger partial charge in [-0.25, -0.2) is 0 Å². The van der Waals surface area contributed by atoms with Crippen molar-refractivity contribution in [3.05, 3.63) is 0 Å². The van der Waals surface area contributed by atoms with Gasteiger partial charge in [0.15, 0.2) is 0 Å². The van der Waals surface area contributed by atoms with Gasteiger partial charge in [0.1, 0.15) is 0 Å². The number of hydrogen-bond donors (Lipinski definition) is 0. The average Bonchev–Trinajstić information content (AvgIpc) is 1.00. The van der Waals surface area contributed by atoms with Crippen LogP contribution in [0.25, 0.3) is 0 Å². The van der Waals surface area contributed by atoms with E-state index in [1.165, 1.54) is 0 Å². The normalized spacial score (nSPS) is 1.50. The quantitative estimate of drug-likeness (QED) is 0.593. The topological polar surface area (TPSA) is 0 Å². The molecule has 0 N–H and O–H groups in total. The fourth-order valence-electron chi connectivity index (χ4n) is 0. The van der Waals surface area contributed by atoms with Crippen LogP contribution < -0.4 is 0 Å². The van der Waals surface area contributed by atoms with Crippen LogP contribution in [0.3, 0.4) is 0 Å². The Kier molecular flexibility index (Phi) is 315. The smallest absolute Gasteiger partial charge is 0 e. The summed E-state index contributed by atoms with van der Waals surface area (Å²) in [6.07, 6.45) is 0. The molecule has 28 valence electrons. The molecule has 1 heteroatoms. The number of rotatable bonds is 0. The Hall–Kier alpha value is 0.688. The maximum absolute atomic E-state index is 2.00. The minimum absolute atomic E-state index is 0. The van der Waals surface area contributed by atoms with Gasteiger partial charge in [-0.05, 0) is 0 Å². The van der Waals surface area contributed by atoms with Gasteiger partial charge in [0.05, 0.1) is 0 Å². The van der Waals surface area contributed by atoms with Crippen molar-refractivity contribution in [3.63, 3.8) is 0 Å². The standard InChI is InChI=1S/C2H6.CH4.W/c1-2;;/h1-2H3;1H4;. The molecule has 0 aliphatic heterocycles. The molecule has 0 radical (unpaired) electrons. The summed E-state index contributed by atoms with van der Waals surface area (Å²) in [5.74, 6) is 0. The molecule has 0 atom stereocenters. The van der Waals surface area contributed by atoms with Crippen LogP contribution in [0.2, 0.25) is 0 Å². The third-order valence-corrected chi connectivity index (χ3v) is 0. The summed E-state index contributed by atoms with van der Waals surface area (Å²) in [4.78, 5) is 0. The maximum Gasteiger partial charge on any atom is 0 e. The van der Waals surface area contributed by atoms with E-state index in [0.29, 0.717) is 0 Å². The number of hydrogen-bond acceptors (Lipinski definition) is 0. The minimum Gasteiger partial charge on any atom is -0.0776 e. The second kappa shape index (κ2) is 56.3. The van der Waals surface area contributed by atoms with Crippen LogP contribution >= 0.6 is 0 Å². The molecule has 0 rings (SSSR count). The summed E-state index contributed by atoms with van der Waals surface area (Å²) < 4.78 is 0. The summed E-state index contributed by atoms with van der Waals surface area (Å²) in [6.45, 7) is 4.00. The SMILES string of the molecule is C.CC.[W]. The van der Waals surface area contributed by atoms with Crippen LogP contribution in [-0.4, -0.2) is 0 Å². The Labute approximate surface area is 42.9 Å². The Bertz CT molecular complexity index is 3.25. The zero-order valence-corrected chi connectivity index (χ0v) is 5.34. The van der Waals surface area contributed by atoms with E-state index in [0.717, 1.165) is 0 Å². The summed E-state index contributed by atoms with van der Waals surface area (Å²) in [7, 11) is 0. The molecule has 0 saturated heterocycles. The van der Waals surface area contributed by atoms with E-state index in [9.17, 15) is 0 Å². The predicted molar refractivity (Wildman–Crippen MR) is 18.1 cm³/mol. The van der Waals surface area contributed by atoms with E-state index in [2.05, 4.69) is 0 Å². The monoisotopic (exact) mass is 230 g/mol. The molecule has 0 saturated carbocycles. The second-order valence-electron chi connectivity index (χ2n) is 0. The average molecular weight is 230 g/mol. The third kappa shape index (κ3) is 16.2. The van der Waals surface area contributed by atoms with Crippen LogP contribution in [0.1, 0.15) is 21.3 Å². The fraction of sp³-hybridized carbons (Fsp3) is 1.00. The van der Waals surface area contributed by atoms with Gasteiger partial charge in [0.25, 0.3) is 0 Å². The van der Waals surface area contributed by atoms with Crippen LogP contribution in [0.5, 0.6) is 0 Å². The van der Waals surface area contributed by atoms with Crippen LogP contribution in [0, 0.1) is 0 Å². The zero-order valence-electron chi connectivity index (χ0n) is 2.41. The van der Waals surface area contributed by atoms with Crippen LogP contribution in [0.15, 0.2) is 0 Å². The fourth-order valence-corrected chi connectivity index (χ4v) is 0. The van der Waals surface area contributed by atoms with Crippen molar-refractivity contribution < 1.29 is 21.1 Å². The summed E-state index contributed by atoms with van der Waals surface area (Å²) in [5, 5.41) is 0. The van der Waals surface area contributed by atoms with E-state index in [4.69, 9.17) is 0 Å². The van der Waals surface area contributed by atoms with Gasteiger partial charge in [-0.1, -0.05) is 21.3 Å². The molecule has 0 aromatic rings. The van der Waals surface area contributed by atoms with Gasteiger partial charge in [0.2, 0.25) is 0 Å². The Morgan fingerprint density at radius 3 is 1.00 bits per heavy atom. The molecule has 0 unspecified atom stereocenters. The molecule has 0 fully saturated rings. The van der Waals surface area contributed by atoms with Gasteiger partial charge in [-0.3, -0.25) is 0 Å². The molecule has 0 bridgehead atoms. The Morgan fingerprint density at radius 2 is 1.00 bits per heavy atom. The first-order valence-corrected chi connectivity index (χ1v) is 1.00. The van der Waals surface area contributed by atoms with Crippen LogP contribution in [0.4, 0.5) is 0 Å². The second-order valence-corrected chi connectivity index (χ2v) is 0. The molecule has 0 heterocycles. The summed E-state index contributed by atoms with van der Waals surface area (Å²) >= 11 is 0. The first-order valence-electron chi connectivity index (χ1n) is 1.00. The molecule has 0 amide bonds. The molecule has 0 aromatic carbocycles. The molecule has 0 aromatic heterocycles. The van der Waals surface area contributed by atoms with Gasteiger partial charge < -0.3 is 0 Å². The van der Waals surface area contributed by atoms with Crippen molar-refractivity contribution in [2.45, 2.75) is 21.3 Å². The Morgan fingerprint density at radius 1 is 1.00 bits per heavy atom. The van der Waals surface area contributed by atoms with Gasteiger partial charge in [0, 0.05) is 21.1 Å². The minimum atomic E-state index is 0. The largest absolute Gasteiger partial charge is 0.0776 e. The third-order valence-electron chi connectivity index (χ3n) is 0. The molecule has 0 nitrogen and oxygen atoms in total. The van der Waals surface area contributed by atoms with E-state index in [1.807, 2.05) is 13.8 Å². The predicted octanol–water partition coefficient (Wildman–Crippen LogP) is 1.66. The first-order chi connectivity index (χ1) is 1.00. The molecule has 0 spiro atoms. The molecule has 0 aliphatic rings. The van der Waals surface area contributed by atoms with E-state index in [1.54, 1.807) is 0 Å². The van der Waals surface area contributed by atoms with Crippen molar-refractivity contribution in [2.24, 2.45) is 0 Å². The van der Waals surface area contributed by atoms with Gasteiger partial charge in [-0.2, -0.15) is 0 Å². The Balaban J connectivity index is -0.00000000500. The van der Waals surface area contributed by atoms with Crippen molar-refractivity contribution in [3.8, 4) is 0 Å². The summed E-state index contributed by atoms with van der Waals surface area (Å²) in [5.41, 5.74) is 0. The maximum atomic E-state index is 2.00. The first kappa shape index (κ1) is 22.4. The zero-order chi connectivity index (χ0) is 2.00. The van der Waals surface area contributed by atoms with E-state index in [-0.39, 0.29) is 28.5 Å². The summed E-state index contributed by atoms with van der Waals surface area (Å²) in [6, 6.07) is 0.